The summed E-state index contributed by atoms with van der Waals surface area (Å²) in [6, 6.07) is 2.82. The van der Waals surface area contributed by atoms with E-state index in [0.717, 1.165) is 38.8 Å². The van der Waals surface area contributed by atoms with Gasteiger partial charge >= 0.3 is 0 Å². The molecule has 1 unspecified atom stereocenters. The van der Waals surface area contributed by atoms with Crippen LogP contribution in [0.1, 0.15) is 38.5 Å². The van der Waals surface area contributed by atoms with E-state index in [1.54, 1.807) is 0 Å². The Bertz CT molecular complexity index is 408. The van der Waals surface area contributed by atoms with Crippen molar-refractivity contribution in [1.29, 1.82) is 5.26 Å². The summed E-state index contributed by atoms with van der Waals surface area (Å²) in [6.45, 7) is 2.15. The van der Waals surface area contributed by atoms with E-state index in [2.05, 4.69) is 11.0 Å². The number of hydrogen-bond donors (Lipinski definition) is 1. The highest BCUT2D eigenvalue weighted by Gasteiger charge is 2.39. The van der Waals surface area contributed by atoms with Crippen molar-refractivity contribution in [3.8, 4) is 6.07 Å². The molecule has 0 radical (unpaired) electrons. The van der Waals surface area contributed by atoms with Gasteiger partial charge in [-0.05, 0) is 38.5 Å². The first-order chi connectivity index (χ1) is 9.69. The Hall–Kier alpha value is -1.12. The molecule has 0 spiro atoms. The predicted octanol–water partition coefficient (Wildman–Crippen LogP) is 0.736. The van der Waals surface area contributed by atoms with Crippen LogP contribution >= 0.6 is 0 Å². The van der Waals surface area contributed by atoms with Crippen molar-refractivity contribution in [1.82, 2.24) is 9.80 Å². The number of nitriles is 1. The summed E-state index contributed by atoms with van der Waals surface area (Å²) in [6.07, 6.45) is 5.23. The number of rotatable bonds is 2. The van der Waals surface area contributed by atoms with Crippen LogP contribution in [0.2, 0.25) is 0 Å². The fourth-order valence-electron chi connectivity index (χ4n) is 3.54. The molecule has 1 aliphatic heterocycles. The second-order valence-electron chi connectivity index (χ2n) is 6.40. The van der Waals surface area contributed by atoms with Gasteiger partial charge in [0.1, 0.15) is 6.04 Å². The highest BCUT2D eigenvalue weighted by molar-refractivity contribution is 5.79. The third-order valence-corrected chi connectivity index (χ3v) is 4.94. The lowest BCUT2D eigenvalue weighted by atomic mass is 9.86. The van der Waals surface area contributed by atoms with Crippen LogP contribution in [-0.4, -0.2) is 58.6 Å². The van der Waals surface area contributed by atoms with Crippen LogP contribution in [0.5, 0.6) is 0 Å². The monoisotopic (exact) mass is 277 g/mol. The van der Waals surface area contributed by atoms with Crippen molar-refractivity contribution < 1.29 is 9.90 Å². The molecule has 0 aromatic rings. The number of nitrogens with zero attached hydrogens (tertiary/aromatic N) is 3. The van der Waals surface area contributed by atoms with E-state index in [1.165, 1.54) is 12.8 Å². The lowest BCUT2D eigenvalue weighted by molar-refractivity contribution is -0.139. The molecule has 2 saturated carbocycles. The third kappa shape index (κ3) is 2.82. The molecule has 1 atom stereocenters. The highest BCUT2D eigenvalue weighted by atomic mass is 16.3. The molecule has 3 rings (SSSR count). The second kappa shape index (κ2) is 5.71. The molecule has 1 saturated heterocycles. The molecule has 0 aromatic carbocycles. The summed E-state index contributed by atoms with van der Waals surface area (Å²) < 4.78 is 0. The lowest BCUT2D eigenvalue weighted by Crippen LogP contribution is -2.56. The van der Waals surface area contributed by atoms with Crippen LogP contribution < -0.4 is 0 Å². The lowest BCUT2D eigenvalue weighted by Gasteiger charge is -2.40. The summed E-state index contributed by atoms with van der Waals surface area (Å²) in [5.41, 5.74) is 0. The van der Waals surface area contributed by atoms with Crippen molar-refractivity contribution in [2.24, 2.45) is 5.92 Å². The van der Waals surface area contributed by atoms with E-state index in [9.17, 15) is 15.2 Å². The van der Waals surface area contributed by atoms with E-state index in [0.29, 0.717) is 12.6 Å². The minimum absolute atomic E-state index is 0.0604. The van der Waals surface area contributed by atoms with Crippen molar-refractivity contribution in [2.45, 2.75) is 56.7 Å². The summed E-state index contributed by atoms with van der Waals surface area (Å²) in [4.78, 5) is 16.7. The maximum absolute atomic E-state index is 12.5. The molecule has 1 N–H and O–H groups in total. The maximum atomic E-state index is 12.5. The molecule has 5 nitrogen and oxygen atoms in total. The number of aliphatic hydroxyl groups excluding tert-OH is 1. The Morgan fingerprint density at radius 3 is 2.40 bits per heavy atom. The normalized spacial score (nSPS) is 35.6. The van der Waals surface area contributed by atoms with Crippen LogP contribution in [-0.2, 0) is 4.79 Å². The standard InChI is InChI=1S/C15H23N3O2/c16-9-13-10-17(7-8-18(13)12-3-4-12)15(20)11-1-5-14(19)6-2-11/h11-14,19H,1-8,10H2. The SMILES string of the molecule is N#CC1CN(C(=O)C2CCC(O)CC2)CCN1C1CC1. The molecule has 3 aliphatic rings. The molecule has 2 aliphatic carbocycles. The van der Waals surface area contributed by atoms with Crippen LogP contribution in [0, 0.1) is 17.2 Å². The van der Waals surface area contributed by atoms with Gasteiger partial charge in [-0.15, -0.1) is 0 Å². The second-order valence-corrected chi connectivity index (χ2v) is 6.40. The van der Waals surface area contributed by atoms with Crippen molar-refractivity contribution in [3.05, 3.63) is 0 Å². The van der Waals surface area contributed by atoms with Crippen LogP contribution in [0.15, 0.2) is 0 Å². The fraction of sp³-hybridized carbons (Fsp3) is 0.867. The zero-order valence-corrected chi connectivity index (χ0v) is 11.9. The number of carbonyl (C=O) groups excluding carboxylic acids is 1. The Morgan fingerprint density at radius 1 is 1.10 bits per heavy atom. The van der Waals surface area contributed by atoms with Gasteiger partial charge in [0.15, 0.2) is 0 Å². The molecule has 0 bridgehead atoms. The van der Waals surface area contributed by atoms with Gasteiger partial charge in [-0.25, -0.2) is 0 Å². The van der Waals surface area contributed by atoms with Crippen LogP contribution in [0.3, 0.4) is 0 Å². The maximum Gasteiger partial charge on any atom is 0.225 e. The van der Waals surface area contributed by atoms with E-state index in [-0.39, 0.29) is 24.0 Å². The smallest absolute Gasteiger partial charge is 0.225 e. The molecule has 3 fully saturated rings. The topological polar surface area (TPSA) is 67.6 Å². The van der Waals surface area contributed by atoms with Gasteiger partial charge in [0.05, 0.1) is 12.2 Å². The third-order valence-electron chi connectivity index (χ3n) is 4.94. The van der Waals surface area contributed by atoms with E-state index in [1.807, 2.05) is 4.90 Å². The number of aliphatic hydroxyl groups is 1. The summed E-state index contributed by atoms with van der Waals surface area (Å²) in [5, 5.41) is 18.8. The number of piperazine rings is 1. The molecule has 110 valence electrons. The Kier molecular flexibility index (Phi) is 3.95. The van der Waals surface area contributed by atoms with E-state index in [4.69, 9.17) is 0 Å². The molecular weight excluding hydrogens is 254 g/mol. The average Bonchev–Trinajstić information content (AvgIpc) is 3.31. The van der Waals surface area contributed by atoms with Gasteiger partial charge in [-0.2, -0.15) is 5.26 Å². The molecule has 20 heavy (non-hydrogen) atoms. The van der Waals surface area contributed by atoms with Crippen molar-refractivity contribution in [3.63, 3.8) is 0 Å². The quantitative estimate of drug-likeness (QED) is 0.808. The van der Waals surface area contributed by atoms with Gasteiger partial charge in [0.2, 0.25) is 5.91 Å². The average molecular weight is 277 g/mol. The molecule has 1 amide bonds. The number of hydrogen-bond acceptors (Lipinski definition) is 4. The fourth-order valence-corrected chi connectivity index (χ4v) is 3.54. The molecule has 0 aromatic heterocycles. The molecular formula is C15H23N3O2. The van der Waals surface area contributed by atoms with Gasteiger partial charge in [0, 0.05) is 31.6 Å². The summed E-state index contributed by atoms with van der Waals surface area (Å²) in [5.74, 6) is 0.262. The first kappa shape index (κ1) is 13.8. The Morgan fingerprint density at radius 2 is 1.80 bits per heavy atom. The van der Waals surface area contributed by atoms with Gasteiger partial charge in [-0.1, -0.05) is 0 Å². The van der Waals surface area contributed by atoms with Gasteiger partial charge in [-0.3, -0.25) is 9.69 Å². The number of carbonyl (C=O) groups is 1. The van der Waals surface area contributed by atoms with Crippen molar-refractivity contribution in [2.75, 3.05) is 19.6 Å². The van der Waals surface area contributed by atoms with Crippen molar-refractivity contribution >= 4 is 5.91 Å². The number of amides is 1. The Balaban J connectivity index is 1.57. The van der Waals surface area contributed by atoms with E-state index >= 15 is 0 Å². The molecule has 1 heterocycles. The zero-order chi connectivity index (χ0) is 14.1. The first-order valence-electron chi connectivity index (χ1n) is 7.81. The van der Waals surface area contributed by atoms with Crippen LogP contribution in [0.25, 0.3) is 0 Å². The summed E-state index contributed by atoms with van der Waals surface area (Å²) >= 11 is 0. The minimum Gasteiger partial charge on any atom is -0.393 e. The molecule has 5 heteroatoms. The highest BCUT2D eigenvalue weighted by Crippen LogP contribution is 2.31. The van der Waals surface area contributed by atoms with Crippen LogP contribution in [0.4, 0.5) is 0 Å². The van der Waals surface area contributed by atoms with E-state index < -0.39 is 0 Å². The minimum atomic E-state index is -0.224. The predicted molar refractivity (Wildman–Crippen MR) is 73.7 cm³/mol. The zero-order valence-electron chi connectivity index (χ0n) is 11.9. The Labute approximate surface area is 120 Å². The first-order valence-corrected chi connectivity index (χ1v) is 7.81. The van der Waals surface area contributed by atoms with Gasteiger partial charge in [0.25, 0.3) is 0 Å². The largest absolute Gasteiger partial charge is 0.393 e. The summed E-state index contributed by atoms with van der Waals surface area (Å²) in [7, 11) is 0. The van der Waals surface area contributed by atoms with Gasteiger partial charge < -0.3 is 10.0 Å².